The molecule has 0 saturated carbocycles. The van der Waals surface area contributed by atoms with E-state index in [-0.39, 0.29) is 12.5 Å². The number of unbranched alkanes of at least 4 members (excludes halogenated alkanes) is 54. The molecule has 0 radical (unpaired) electrons. The van der Waals surface area contributed by atoms with Crippen molar-refractivity contribution in [3.05, 3.63) is 24.3 Å². The average Bonchev–Trinajstić information content (AvgIpc) is 3.49. The second-order valence-electron chi connectivity index (χ2n) is 26.1. The second kappa shape index (κ2) is 63.7. The third kappa shape index (κ3) is 52.3. The first-order chi connectivity index (χ1) is 40.8. The first-order valence-corrected chi connectivity index (χ1v) is 37.1. The van der Waals surface area contributed by atoms with Gasteiger partial charge in [-0.1, -0.05) is 372 Å². The smallest absolute Gasteiger partial charge is 0.220 e. The number of aliphatic hydroxyl groups is 5. The first-order valence-electron chi connectivity index (χ1n) is 37.1. The van der Waals surface area contributed by atoms with Gasteiger partial charge in [-0.2, -0.15) is 0 Å². The SMILES string of the molecule is CCCCCCCCCCCCCCCCCC/C=C/CC/C=C/C(O)C(COC1OC(CO)C(O)C(O)C1O)NC(=O)CCCCCCCCCCCCCCCCCCCCCCCCCCCCCCCCCCCCCCCC. The van der Waals surface area contributed by atoms with Gasteiger partial charge in [-0.05, 0) is 32.1 Å². The number of carbonyl (C=O) groups is 1. The van der Waals surface area contributed by atoms with Crippen LogP contribution in [0.3, 0.4) is 0 Å². The Balaban J connectivity index is 2.06. The van der Waals surface area contributed by atoms with E-state index in [1.807, 2.05) is 6.08 Å². The molecule has 9 heteroatoms. The van der Waals surface area contributed by atoms with Crippen molar-refractivity contribution in [3.8, 4) is 0 Å². The number of carbonyl (C=O) groups excluding carboxylic acids is 1. The summed E-state index contributed by atoms with van der Waals surface area (Å²) in [6.07, 6.45) is 77.5. The zero-order valence-corrected chi connectivity index (χ0v) is 55.2. The van der Waals surface area contributed by atoms with Crippen molar-refractivity contribution >= 4 is 5.91 Å². The lowest BCUT2D eigenvalue weighted by atomic mass is 9.99. The predicted molar refractivity (Wildman–Crippen MR) is 355 cm³/mol. The minimum atomic E-state index is -1.57. The number of nitrogens with one attached hydrogen (secondary N) is 1. The summed E-state index contributed by atoms with van der Waals surface area (Å²) >= 11 is 0. The third-order valence-corrected chi connectivity index (χ3v) is 18.0. The minimum Gasteiger partial charge on any atom is -0.394 e. The number of hydrogen-bond acceptors (Lipinski definition) is 8. The molecule has 9 nitrogen and oxygen atoms in total. The fourth-order valence-electron chi connectivity index (χ4n) is 12.2. The number of amides is 1. The number of allylic oxidation sites excluding steroid dienone is 3. The van der Waals surface area contributed by atoms with E-state index in [1.54, 1.807) is 6.08 Å². The van der Waals surface area contributed by atoms with Gasteiger partial charge < -0.3 is 40.3 Å². The highest BCUT2D eigenvalue weighted by Crippen LogP contribution is 2.24. The Morgan fingerprint density at radius 1 is 0.398 bits per heavy atom. The third-order valence-electron chi connectivity index (χ3n) is 18.0. The standard InChI is InChI=1S/C74H143NO8/c1-3-5-7-9-11-13-15-17-19-21-23-25-27-28-29-30-31-32-33-34-35-36-37-38-39-40-41-42-44-46-48-50-52-54-56-58-60-62-64-70(78)75-67(66-82-74-73(81)72(80)71(79)69(65-76)83-74)68(77)63-61-59-57-55-53-51-49-47-45-43-26-24-22-20-18-16-14-12-10-8-6-4-2/h53,55,61,63,67-69,71-74,76-77,79-81H,3-52,54,56-60,62,64-66H2,1-2H3,(H,75,78)/b55-53+,63-61+. The molecule has 7 atom stereocenters. The van der Waals surface area contributed by atoms with E-state index in [2.05, 4.69) is 31.3 Å². The summed E-state index contributed by atoms with van der Waals surface area (Å²) in [7, 11) is 0. The lowest BCUT2D eigenvalue weighted by Crippen LogP contribution is -2.60. The molecule has 1 saturated heterocycles. The van der Waals surface area contributed by atoms with Gasteiger partial charge in [-0.25, -0.2) is 0 Å². The fourth-order valence-corrected chi connectivity index (χ4v) is 12.2. The lowest BCUT2D eigenvalue weighted by Gasteiger charge is -2.40. The Morgan fingerprint density at radius 2 is 0.687 bits per heavy atom. The highest BCUT2D eigenvalue weighted by atomic mass is 16.7. The number of hydrogen-bond donors (Lipinski definition) is 6. The molecule has 83 heavy (non-hydrogen) atoms. The molecule has 1 amide bonds. The van der Waals surface area contributed by atoms with E-state index in [0.717, 1.165) is 38.5 Å². The number of rotatable bonds is 66. The topological polar surface area (TPSA) is 149 Å². The van der Waals surface area contributed by atoms with Crippen LogP contribution in [0.15, 0.2) is 24.3 Å². The highest BCUT2D eigenvalue weighted by molar-refractivity contribution is 5.76. The normalized spacial score (nSPS) is 18.3. The van der Waals surface area contributed by atoms with Crippen LogP contribution in [0.2, 0.25) is 0 Å². The molecule has 0 aromatic rings. The van der Waals surface area contributed by atoms with Crippen molar-refractivity contribution in [3.63, 3.8) is 0 Å². The summed E-state index contributed by atoms with van der Waals surface area (Å²) in [5.41, 5.74) is 0. The summed E-state index contributed by atoms with van der Waals surface area (Å²) < 4.78 is 11.3. The number of ether oxygens (including phenoxy) is 2. The van der Waals surface area contributed by atoms with E-state index >= 15 is 0 Å². The van der Waals surface area contributed by atoms with Gasteiger partial charge >= 0.3 is 0 Å². The molecular formula is C74H143NO8. The maximum Gasteiger partial charge on any atom is 0.220 e. The van der Waals surface area contributed by atoms with Gasteiger partial charge in [0.1, 0.15) is 24.4 Å². The Bertz CT molecular complexity index is 1360. The molecule has 0 spiro atoms. The first kappa shape index (κ1) is 79.7. The summed E-state index contributed by atoms with van der Waals surface area (Å²) in [5, 5.41) is 54.7. The van der Waals surface area contributed by atoms with Gasteiger partial charge in [0.2, 0.25) is 5.91 Å². The molecule has 1 aliphatic heterocycles. The van der Waals surface area contributed by atoms with Gasteiger partial charge in [0.15, 0.2) is 6.29 Å². The van der Waals surface area contributed by atoms with Crippen molar-refractivity contribution < 1.29 is 39.8 Å². The van der Waals surface area contributed by atoms with Crippen LogP contribution in [0.25, 0.3) is 0 Å². The van der Waals surface area contributed by atoms with Crippen LogP contribution >= 0.6 is 0 Å². The van der Waals surface area contributed by atoms with Crippen molar-refractivity contribution in [1.82, 2.24) is 5.32 Å². The molecule has 1 aliphatic rings. The largest absolute Gasteiger partial charge is 0.394 e. The van der Waals surface area contributed by atoms with Crippen LogP contribution in [-0.4, -0.2) is 87.5 Å². The predicted octanol–water partition coefficient (Wildman–Crippen LogP) is 20.4. The Morgan fingerprint density at radius 3 is 1.01 bits per heavy atom. The van der Waals surface area contributed by atoms with E-state index in [9.17, 15) is 30.3 Å². The quantitative estimate of drug-likeness (QED) is 0.0261. The van der Waals surface area contributed by atoms with E-state index in [0.29, 0.717) is 6.42 Å². The van der Waals surface area contributed by atoms with Crippen LogP contribution < -0.4 is 5.32 Å². The van der Waals surface area contributed by atoms with Crippen LogP contribution in [0.1, 0.15) is 386 Å². The van der Waals surface area contributed by atoms with Gasteiger partial charge in [0.25, 0.3) is 0 Å². The molecule has 0 aliphatic carbocycles. The molecular weight excluding hydrogens is 1030 g/mol. The van der Waals surface area contributed by atoms with Crippen molar-refractivity contribution in [1.29, 1.82) is 0 Å². The van der Waals surface area contributed by atoms with Crippen molar-refractivity contribution in [2.45, 2.75) is 429 Å². The highest BCUT2D eigenvalue weighted by Gasteiger charge is 2.44. The minimum absolute atomic E-state index is 0.178. The van der Waals surface area contributed by atoms with Gasteiger partial charge in [-0.15, -0.1) is 0 Å². The second-order valence-corrected chi connectivity index (χ2v) is 26.1. The van der Waals surface area contributed by atoms with E-state index < -0.39 is 49.5 Å². The summed E-state index contributed by atoms with van der Waals surface area (Å²) in [5.74, 6) is -0.178. The Labute approximate surface area is 515 Å². The molecule has 1 fully saturated rings. The summed E-state index contributed by atoms with van der Waals surface area (Å²) in [6, 6.07) is -0.820. The van der Waals surface area contributed by atoms with Crippen LogP contribution in [-0.2, 0) is 14.3 Å². The molecule has 1 heterocycles. The maximum atomic E-state index is 13.1. The van der Waals surface area contributed by atoms with E-state index in [4.69, 9.17) is 9.47 Å². The monoisotopic (exact) mass is 1170 g/mol. The Hall–Kier alpha value is -1.33. The van der Waals surface area contributed by atoms with Crippen molar-refractivity contribution in [2.75, 3.05) is 13.2 Å². The zero-order valence-electron chi connectivity index (χ0n) is 55.2. The fraction of sp³-hybridized carbons (Fsp3) is 0.932. The van der Waals surface area contributed by atoms with Crippen LogP contribution in [0.4, 0.5) is 0 Å². The van der Waals surface area contributed by atoms with Crippen LogP contribution in [0, 0.1) is 0 Å². The summed E-state index contributed by atoms with van der Waals surface area (Å²) in [4.78, 5) is 13.1. The molecule has 0 aromatic heterocycles. The number of aliphatic hydroxyl groups excluding tert-OH is 5. The molecule has 0 bridgehead atoms. The summed E-state index contributed by atoms with van der Waals surface area (Å²) in [6.45, 7) is 3.83. The molecule has 7 unspecified atom stereocenters. The van der Waals surface area contributed by atoms with Gasteiger partial charge in [-0.3, -0.25) is 4.79 Å². The van der Waals surface area contributed by atoms with E-state index in [1.165, 1.54) is 327 Å². The van der Waals surface area contributed by atoms with Gasteiger partial charge in [0, 0.05) is 6.42 Å². The van der Waals surface area contributed by atoms with Gasteiger partial charge in [0.05, 0.1) is 25.4 Å². The maximum absolute atomic E-state index is 13.1. The van der Waals surface area contributed by atoms with Crippen molar-refractivity contribution in [2.24, 2.45) is 0 Å². The molecule has 492 valence electrons. The molecule has 1 rings (SSSR count). The van der Waals surface area contributed by atoms with Crippen LogP contribution in [0.5, 0.6) is 0 Å². The zero-order chi connectivity index (χ0) is 60.0. The lowest BCUT2D eigenvalue weighted by molar-refractivity contribution is -0.302. The average molecular weight is 1170 g/mol. The molecule has 6 N–H and O–H groups in total. The molecule has 0 aromatic carbocycles. The Kier molecular flexibility index (Phi) is 61.1.